The van der Waals surface area contributed by atoms with Crippen LogP contribution in [0.25, 0.3) is 0 Å². The van der Waals surface area contributed by atoms with Crippen molar-refractivity contribution in [2.75, 3.05) is 0 Å². The van der Waals surface area contributed by atoms with E-state index in [2.05, 4.69) is 10.1 Å². The fourth-order valence-electron chi connectivity index (χ4n) is 2.58. The molecule has 3 rings (SSSR count). The molecule has 142 valence electrons. The predicted octanol–water partition coefficient (Wildman–Crippen LogP) is 3.92. The summed E-state index contributed by atoms with van der Waals surface area (Å²) < 4.78 is 18.7. The smallest absolute Gasteiger partial charge is 0.335 e. The molecule has 3 aromatic rings. The van der Waals surface area contributed by atoms with Crippen molar-refractivity contribution in [1.29, 1.82) is 0 Å². The van der Waals surface area contributed by atoms with Crippen LogP contribution in [0.1, 0.15) is 27.2 Å². The van der Waals surface area contributed by atoms with Gasteiger partial charge in [0.1, 0.15) is 23.9 Å². The lowest BCUT2D eigenvalue weighted by molar-refractivity contribution is 0.0696. The van der Waals surface area contributed by atoms with Crippen molar-refractivity contribution in [3.05, 3.63) is 95.1 Å². The van der Waals surface area contributed by atoms with Crippen LogP contribution in [-0.4, -0.2) is 27.0 Å². The maximum atomic E-state index is 13.0. The summed E-state index contributed by atoms with van der Waals surface area (Å²) in [7, 11) is 0. The van der Waals surface area contributed by atoms with Crippen molar-refractivity contribution in [3.8, 4) is 5.75 Å². The summed E-state index contributed by atoms with van der Waals surface area (Å²) in [5, 5.41) is 21.7. The maximum absolute atomic E-state index is 13.0. The quantitative estimate of drug-likeness (QED) is 0.368. The van der Waals surface area contributed by atoms with Gasteiger partial charge in [-0.2, -0.15) is 0 Å². The third kappa shape index (κ3) is 4.91. The lowest BCUT2D eigenvalue weighted by Gasteiger charge is -2.09. The first-order chi connectivity index (χ1) is 13.5. The molecule has 0 bridgehead atoms. The third-order valence-electron chi connectivity index (χ3n) is 4.01. The first-order valence-electron chi connectivity index (χ1n) is 8.42. The molecular formula is C21H17FN2O4. The minimum Gasteiger partial charge on any atom is -0.489 e. The molecular weight excluding hydrogens is 363 g/mol. The molecule has 0 aliphatic rings. The SMILES string of the molecule is O=C(O)c1ccnc(/C(Cc2cccc(OCc3ccc(F)cc3)c2)=N/O)c1. The van der Waals surface area contributed by atoms with Crippen LogP contribution < -0.4 is 4.74 Å². The van der Waals surface area contributed by atoms with Gasteiger partial charge in [0, 0.05) is 12.6 Å². The molecule has 0 aliphatic heterocycles. The lowest BCUT2D eigenvalue weighted by atomic mass is 10.0. The number of carbonyl (C=O) groups is 1. The monoisotopic (exact) mass is 380 g/mol. The van der Waals surface area contributed by atoms with Crippen molar-refractivity contribution in [1.82, 2.24) is 4.98 Å². The summed E-state index contributed by atoms with van der Waals surface area (Å²) in [4.78, 5) is 15.2. The Labute approximate surface area is 160 Å². The molecule has 0 aliphatic carbocycles. The topological polar surface area (TPSA) is 92.0 Å². The van der Waals surface area contributed by atoms with E-state index in [1.54, 1.807) is 30.3 Å². The van der Waals surface area contributed by atoms with E-state index in [4.69, 9.17) is 9.84 Å². The number of pyridine rings is 1. The second kappa shape index (κ2) is 8.77. The number of hydrogen-bond acceptors (Lipinski definition) is 5. The van der Waals surface area contributed by atoms with Crippen LogP contribution in [0, 0.1) is 5.82 Å². The van der Waals surface area contributed by atoms with Gasteiger partial charge in [0.25, 0.3) is 0 Å². The molecule has 2 N–H and O–H groups in total. The van der Waals surface area contributed by atoms with Crippen LogP contribution >= 0.6 is 0 Å². The molecule has 0 saturated carbocycles. The highest BCUT2D eigenvalue weighted by atomic mass is 19.1. The average molecular weight is 380 g/mol. The lowest BCUT2D eigenvalue weighted by Crippen LogP contribution is -2.10. The van der Waals surface area contributed by atoms with E-state index >= 15 is 0 Å². The third-order valence-corrected chi connectivity index (χ3v) is 4.01. The first-order valence-corrected chi connectivity index (χ1v) is 8.42. The van der Waals surface area contributed by atoms with Gasteiger partial charge in [-0.05, 0) is 47.5 Å². The Morgan fingerprint density at radius 2 is 1.86 bits per heavy atom. The van der Waals surface area contributed by atoms with Gasteiger partial charge in [0.15, 0.2) is 0 Å². The minimum atomic E-state index is -1.09. The van der Waals surface area contributed by atoms with E-state index in [9.17, 15) is 14.4 Å². The van der Waals surface area contributed by atoms with Crippen LogP contribution in [0.5, 0.6) is 5.75 Å². The molecule has 7 heteroatoms. The standard InChI is InChI=1S/C21H17FN2O4/c22-17-6-4-14(5-7-17)13-28-18-3-1-2-15(10-18)11-20(24-27)19-12-16(21(25)26)8-9-23-19/h1-10,12,27H,11,13H2,(H,25,26)/b24-20+. The minimum absolute atomic E-state index is 0.0579. The second-order valence-corrected chi connectivity index (χ2v) is 6.02. The van der Waals surface area contributed by atoms with Crippen LogP contribution in [-0.2, 0) is 13.0 Å². The number of hydrogen-bond donors (Lipinski definition) is 2. The highest BCUT2D eigenvalue weighted by Gasteiger charge is 2.12. The highest BCUT2D eigenvalue weighted by molar-refractivity contribution is 6.01. The number of oxime groups is 1. The van der Waals surface area contributed by atoms with E-state index in [0.717, 1.165) is 11.1 Å². The van der Waals surface area contributed by atoms with Gasteiger partial charge in [0.2, 0.25) is 0 Å². The summed E-state index contributed by atoms with van der Waals surface area (Å²) in [5.41, 5.74) is 2.20. The number of ether oxygens (including phenoxy) is 1. The molecule has 2 aromatic carbocycles. The largest absolute Gasteiger partial charge is 0.489 e. The van der Waals surface area contributed by atoms with Gasteiger partial charge in [-0.1, -0.05) is 29.4 Å². The maximum Gasteiger partial charge on any atom is 0.335 e. The van der Waals surface area contributed by atoms with Crippen molar-refractivity contribution in [2.24, 2.45) is 5.16 Å². The van der Waals surface area contributed by atoms with Crippen LogP contribution in [0.2, 0.25) is 0 Å². The molecule has 6 nitrogen and oxygen atoms in total. The van der Waals surface area contributed by atoms with Gasteiger partial charge in [0.05, 0.1) is 11.3 Å². The Kier molecular flexibility index (Phi) is 5.96. The van der Waals surface area contributed by atoms with Crippen LogP contribution in [0.3, 0.4) is 0 Å². The predicted molar refractivity (Wildman–Crippen MR) is 100 cm³/mol. The fourth-order valence-corrected chi connectivity index (χ4v) is 2.58. The van der Waals surface area contributed by atoms with Gasteiger partial charge in [-0.15, -0.1) is 0 Å². The molecule has 0 radical (unpaired) electrons. The summed E-state index contributed by atoms with van der Waals surface area (Å²) in [6, 6.07) is 16.0. The van der Waals surface area contributed by atoms with Crippen LogP contribution in [0.4, 0.5) is 4.39 Å². The van der Waals surface area contributed by atoms with Crippen molar-refractivity contribution < 1.29 is 24.2 Å². The Morgan fingerprint density at radius 1 is 1.07 bits per heavy atom. The van der Waals surface area contributed by atoms with E-state index in [-0.39, 0.29) is 35.8 Å². The zero-order valence-corrected chi connectivity index (χ0v) is 14.7. The Morgan fingerprint density at radius 3 is 2.57 bits per heavy atom. The van der Waals surface area contributed by atoms with Gasteiger partial charge in [-0.3, -0.25) is 4.98 Å². The first kappa shape index (κ1) is 19.0. The van der Waals surface area contributed by atoms with E-state index in [0.29, 0.717) is 5.75 Å². The van der Waals surface area contributed by atoms with Crippen molar-refractivity contribution in [3.63, 3.8) is 0 Å². The molecule has 0 unspecified atom stereocenters. The van der Waals surface area contributed by atoms with E-state index in [1.165, 1.54) is 30.5 Å². The van der Waals surface area contributed by atoms with Gasteiger partial charge >= 0.3 is 5.97 Å². The summed E-state index contributed by atoms with van der Waals surface area (Å²) in [5.74, 6) is -0.786. The molecule has 1 aromatic heterocycles. The second-order valence-electron chi connectivity index (χ2n) is 6.02. The molecule has 0 spiro atoms. The number of aromatic nitrogens is 1. The van der Waals surface area contributed by atoms with Gasteiger partial charge < -0.3 is 15.1 Å². The number of carboxylic acids is 1. The van der Waals surface area contributed by atoms with Crippen LogP contribution in [0.15, 0.2) is 72.0 Å². The Hall–Kier alpha value is -3.74. The number of halogens is 1. The summed E-state index contributed by atoms with van der Waals surface area (Å²) in [6.45, 7) is 0.285. The number of benzene rings is 2. The van der Waals surface area contributed by atoms with Crippen molar-refractivity contribution in [2.45, 2.75) is 13.0 Å². The van der Waals surface area contributed by atoms with E-state index < -0.39 is 5.97 Å². The molecule has 0 fully saturated rings. The summed E-state index contributed by atoms with van der Waals surface area (Å²) >= 11 is 0. The number of carboxylic acid groups (broad SMARTS) is 1. The molecule has 0 amide bonds. The Balaban J connectivity index is 1.71. The molecule has 1 heterocycles. The zero-order chi connectivity index (χ0) is 19.9. The number of nitrogens with zero attached hydrogens (tertiary/aromatic N) is 2. The number of rotatable bonds is 7. The van der Waals surface area contributed by atoms with E-state index in [1.807, 2.05) is 6.07 Å². The summed E-state index contributed by atoms with van der Waals surface area (Å²) in [6.07, 6.45) is 1.59. The normalized spacial score (nSPS) is 11.2. The molecule has 0 saturated heterocycles. The molecule has 28 heavy (non-hydrogen) atoms. The highest BCUT2D eigenvalue weighted by Crippen LogP contribution is 2.17. The average Bonchev–Trinajstić information content (AvgIpc) is 2.72. The van der Waals surface area contributed by atoms with Gasteiger partial charge in [-0.25, -0.2) is 9.18 Å². The van der Waals surface area contributed by atoms with Crippen molar-refractivity contribution >= 4 is 11.7 Å². The number of aromatic carboxylic acids is 1. The fraction of sp³-hybridized carbons (Fsp3) is 0.0952. The Bertz CT molecular complexity index is 1000. The zero-order valence-electron chi connectivity index (χ0n) is 14.7. The molecule has 0 atom stereocenters.